The van der Waals surface area contributed by atoms with Gasteiger partial charge in [-0.15, -0.1) is 0 Å². The molecule has 0 N–H and O–H groups in total. The van der Waals surface area contributed by atoms with E-state index in [9.17, 15) is 14.4 Å². The predicted octanol–water partition coefficient (Wildman–Crippen LogP) is 3.57. The second kappa shape index (κ2) is 10.9. The zero-order valence-electron chi connectivity index (χ0n) is 16.9. The summed E-state index contributed by atoms with van der Waals surface area (Å²) in [6.07, 6.45) is 0.304. The Morgan fingerprint density at radius 2 is 1.77 bits per heavy atom. The maximum Gasteiger partial charge on any atom is 0.350 e. The lowest BCUT2D eigenvalue weighted by Gasteiger charge is -2.36. The van der Waals surface area contributed by atoms with E-state index in [4.69, 9.17) is 13.9 Å². The Morgan fingerprint density at radius 3 is 2.23 bits per heavy atom. The molecule has 0 aliphatic rings. The minimum Gasteiger partial charge on any atom is -0.459 e. The van der Waals surface area contributed by atoms with Crippen molar-refractivity contribution in [1.82, 2.24) is 0 Å². The average Bonchev–Trinajstić information content (AvgIpc) is 2.52. The van der Waals surface area contributed by atoms with Crippen LogP contribution in [0.5, 0.6) is 0 Å². The Bertz CT molecular complexity index is 512. The standard InChI is InChI=1S/C18H32O6SSi/c1-9-10-22-17(21)15(11-23-26(7,8)18(4,5)6)24-16(20)13(2)12-25-14(3)19/h9,13,15H,1,10-12H2,2-8H3/t13-,15+/m1/s1. The summed E-state index contributed by atoms with van der Waals surface area (Å²) in [7, 11) is -2.12. The van der Waals surface area contributed by atoms with Crippen molar-refractivity contribution in [3.8, 4) is 0 Å². The van der Waals surface area contributed by atoms with Gasteiger partial charge in [-0.05, 0) is 18.1 Å². The molecule has 0 aliphatic heterocycles. The zero-order chi connectivity index (χ0) is 20.5. The molecule has 150 valence electrons. The molecule has 0 amide bonds. The molecule has 0 saturated carbocycles. The van der Waals surface area contributed by atoms with Crippen LogP contribution in [0.15, 0.2) is 12.7 Å². The molecular formula is C18H32O6SSi. The van der Waals surface area contributed by atoms with Crippen LogP contribution < -0.4 is 0 Å². The van der Waals surface area contributed by atoms with E-state index in [-0.39, 0.29) is 23.4 Å². The van der Waals surface area contributed by atoms with Gasteiger partial charge < -0.3 is 13.9 Å². The molecule has 2 atom stereocenters. The van der Waals surface area contributed by atoms with E-state index in [1.807, 2.05) is 13.1 Å². The van der Waals surface area contributed by atoms with Crippen molar-refractivity contribution >= 4 is 37.1 Å². The number of hydrogen-bond donors (Lipinski definition) is 0. The van der Waals surface area contributed by atoms with E-state index in [1.54, 1.807) is 6.92 Å². The van der Waals surface area contributed by atoms with Crippen molar-refractivity contribution in [3.05, 3.63) is 12.7 Å². The number of ether oxygens (including phenoxy) is 2. The Hall–Kier alpha value is -1.12. The van der Waals surface area contributed by atoms with Crippen molar-refractivity contribution in [2.45, 2.75) is 58.9 Å². The van der Waals surface area contributed by atoms with Crippen molar-refractivity contribution < 1.29 is 28.3 Å². The number of carbonyl (C=O) groups is 3. The molecule has 0 rings (SSSR count). The van der Waals surface area contributed by atoms with Gasteiger partial charge in [0.05, 0.1) is 12.5 Å². The molecule has 0 spiro atoms. The fourth-order valence-electron chi connectivity index (χ4n) is 1.45. The highest BCUT2D eigenvalue weighted by molar-refractivity contribution is 8.13. The smallest absolute Gasteiger partial charge is 0.350 e. The first-order valence-electron chi connectivity index (χ1n) is 8.57. The van der Waals surface area contributed by atoms with Crippen LogP contribution in [-0.4, -0.2) is 50.4 Å². The molecule has 0 heterocycles. The lowest BCUT2D eigenvalue weighted by molar-refractivity contribution is -0.171. The number of esters is 2. The van der Waals surface area contributed by atoms with Crippen LogP contribution in [0, 0.1) is 5.92 Å². The maximum absolute atomic E-state index is 12.2. The minimum absolute atomic E-state index is 0.0305. The van der Waals surface area contributed by atoms with E-state index in [0.717, 1.165) is 11.8 Å². The topological polar surface area (TPSA) is 78.9 Å². The molecule has 0 bridgehead atoms. The second-order valence-corrected chi connectivity index (χ2v) is 13.6. The van der Waals surface area contributed by atoms with E-state index in [1.165, 1.54) is 13.0 Å². The van der Waals surface area contributed by atoms with Crippen molar-refractivity contribution in [1.29, 1.82) is 0 Å². The van der Waals surface area contributed by atoms with Crippen molar-refractivity contribution in [2.75, 3.05) is 19.0 Å². The molecule has 6 nitrogen and oxygen atoms in total. The maximum atomic E-state index is 12.2. The third-order valence-corrected chi connectivity index (χ3v) is 9.78. The van der Waals surface area contributed by atoms with Crippen LogP contribution in [-0.2, 0) is 28.3 Å². The van der Waals surface area contributed by atoms with Gasteiger partial charge in [0.1, 0.15) is 6.61 Å². The zero-order valence-corrected chi connectivity index (χ0v) is 18.7. The molecule has 0 aromatic heterocycles. The van der Waals surface area contributed by atoms with Gasteiger partial charge in [0.2, 0.25) is 6.10 Å². The fraction of sp³-hybridized carbons (Fsp3) is 0.722. The first-order valence-corrected chi connectivity index (χ1v) is 12.5. The van der Waals surface area contributed by atoms with Crippen molar-refractivity contribution in [3.63, 3.8) is 0 Å². The summed E-state index contributed by atoms with van der Waals surface area (Å²) in [6.45, 7) is 16.9. The molecule has 0 unspecified atom stereocenters. The Morgan fingerprint density at radius 1 is 1.19 bits per heavy atom. The largest absolute Gasteiger partial charge is 0.459 e. The summed E-state index contributed by atoms with van der Waals surface area (Å²) in [6, 6.07) is 0. The summed E-state index contributed by atoms with van der Waals surface area (Å²) in [5, 5.41) is -0.120. The molecule has 0 aliphatic carbocycles. The molecule has 0 radical (unpaired) electrons. The van der Waals surface area contributed by atoms with Gasteiger partial charge >= 0.3 is 11.9 Å². The Balaban J connectivity index is 5.00. The third kappa shape index (κ3) is 9.00. The molecule has 0 aromatic rings. The molecular weight excluding hydrogens is 372 g/mol. The Kier molecular flexibility index (Phi) is 10.4. The number of carbonyl (C=O) groups excluding carboxylic acids is 3. The first kappa shape index (κ1) is 24.9. The highest BCUT2D eigenvalue weighted by Gasteiger charge is 2.39. The molecule has 8 heteroatoms. The van der Waals surface area contributed by atoms with E-state index < -0.39 is 32.3 Å². The van der Waals surface area contributed by atoms with E-state index in [0.29, 0.717) is 5.75 Å². The van der Waals surface area contributed by atoms with Crippen LogP contribution >= 0.6 is 11.8 Å². The minimum atomic E-state index is -2.12. The summed E-state index contributed by atoms with van der Waals surface area (Å²) >= 11 is 1.04. The number of rotatable bonds is 10. The van der Waals surface area contributed by atoms with Gasteiger partial charge in [-0.3, -0.25) is 9.59 Å². The van der Waals surface area contributed by atoms with Crippen LogP contribution in [0.3, 0.4) is 0 Å². The predicted molar refractivity (Wildman–Crippen MR) is 106 cm³/mol. The molecule has 0 aromatic carbocycles. The highest BCUT2D eigenvalue weighted by Crippen LogP contribution is 2.36. The van der Waals surface area contributed by atoms with Gasteiger partial charge in [0.15, 0.2) is 13.4 Å². The van der Waals surface area contributed by atoms with Crippen LogP contribution in [0.4, 0.5) is 0 Å². The number of hydrogen-bond acceptors (Lipinski definition) is 7. The lowest BCUT2D eigenvalue weighted by atomic mass is 10.2. The normalized spacial score (nSPS) is 14.3. The second-order valence-electron chi connectivity index (χ2n) is 7.62. The first-order chi connectivity index (χ1) is 11.8. The Labute approximate surface area is 162 Å². The monoisotopic (exact) mass is 404 g/mol. The fourth-order valence-corrected chi connectivity index (χ4v) is 3.07. The van der Waals surface area contributed by atoms with Gasteiger partial charge in [-0.1, -0.05) is 52.1 Å². The van der Waals surface area contributed by atoms with Crippen LogP contribution in [0.2, 0.25) is 18.1 Å². The van der Waals surface area contributed by atoms with Gasteiger partial charge in [0, 0.05) is 12.7 Å². The van der Waals surface area contributed by atoms with Gasteiger partial charge in [-0.2, -0.15) is 0 Å². The molecule has 26 heavy (non-hydrogen) atoms. The molecule has 0 saturated heterocycles. The van der Waals surface area contributed by atoms with Crippen LogP contribution in [0.25, 0.3) is 0 Å². The summed E-state index contributed by atoms with van der Waals surface area (Å²) in [4.78, 5) is 35.5. The highest BCUT2D eigenvalue weighted by atomic mass is 32.2. The molecule has 0 fully saturated rings. The number of thioether (sulfide) groups is 1. The average molecular weight is 405 g/mol. The van der Waals surface area contributed by atoms with Gasteiger partial charge in [-0.25, -0.2) is 4.79 Å². The van der Waals surface area contributed by atoms with Crippen LogP contribution in [0.1, 0.15) is 34.6 Å². The third-order valence-electron chi connectivity index (χ3n) is 4.21. The summed E-state index contributed by atoms with van der Waals surface area (Å²) in [5.41, 5.74) is 0. The summed E-state index contributed by atoms with van der Waals surface area (Å²) in [5.74, 6) is -1.45. The summed E-state index contributed by atoms with van der Waals surface area (Å²) < 4.78 is 16.4. The SMILES string of the molecule is C=CCOC(=O)[C@H](CO[Si](C)(C)C(C)(C)C)OC(=O)[C@H](C)CSC(C)=O. The van der Waals surface area contributed by atoms with Gasteiger partial charge in [0.25, 0.3) is 0 Å². The van der Waals surface area contributed by atoms with E-state index in [2.05, 4.69) is 27.4 Å². The van der Waals surface area contributed by atoms with E-state index >= 15 is 0 Å². The quantitative estimate of drug-likeness (QED) is 0.313. The lowest BCUT2D eigenvalue weighted by Crippen LogP contribution is -2.45. The van der Waals surface area contributed by atoms with Crippen molar-refractivity contribution in [2.24, 2.45) is 5.92 Å².